The molecule has 0 amide bonds. The number of rotatable bonds is 1. The van der Waals surface area contributed by atoms with Gasteiger partial charge >= 0.3 is 0 Å². The van der Waals surface area contributed by atoms with E-state index in [1.165, 1.54) is 10.8 Å². The molecule has 0 saturated carbocycles. The predicted molar refractivity (Wildman–Crippen MR) is 83.3 cm³/mol. The molecule has 1 aliphatic rings. The fourth-order valence-electron chi connectivity index (χ4n) is 3.34. The highest BCUT2D eigenvalue weighted by atomic mass is 16.5. The van der Waals surface area contributed by atoms with Gasteiger partial charge in [0.25, 0.3) is 0 Å². The third-order valence-electron chi connectivity index (χ3n) is 4.38. The molecule has 108 valence electrons. The van der Waals surface area contributed by atoms with E-state index in [0.29, 0.717) is 13.2 Å². The number of nitrogens with zero attached hydrogens (tertiary/aromatic N) is 1. The van der Waals surface area contributed by atoms with Crippen molar-refractivity contribution in [2.45, 2.75) is 18.2 Å². The third-order valence-corrected chi connectivity index (χ3v) is 4.38. The van der Waals surface area contributed by atoms with Crippen molar-refractivity contribution in [2.75, 3.05) is 13.2 Å². The number of benzene rings is 2. The minimum atomic E-state index is -0.599. The van der Waals surface area contributed by atoms with Gasteiger partial charge in [0.2, 0.25) is 0 Å². The average Bonchev–Trinajstić information content (AvgIpc) is 2.85. The smallest absolute Gasteiger partial charge is 0.0943 e. The van der Waals surface area contributed by atoms with Gasteiger partial charge in [-0.05, 0) is 12.1 Å². The molecule has 1 aromatic heterocycles. The Balaban J connectivity index is 2.01. The van der Waals surface area contributed by atoms with Crippen molar-refractivity contribution in [2.24, 2.45) is 5.73 Å². The van der Waals surface area contributed by atoms with E-state index in [4.69, 9.17) is 10.5 Å². The average molecular weight is 282 g/mol. The zero-order chi connectivity index (χ0) is 14.4. The van der Waals surface area contributed by atoms with Crippen LogP contribution >= 0.6 is 0 Å². The molecule has 4 nitrogen and oxygen atoms in total. The summed E-state index contributed by atoms with van der Waals surface area (Å²) in [7, 11) is 0. The van der Waals surface area contributed by atoms with Gasteiger partial charge in [-0.15, -0.1) is 0 Å². The summed E-state index contributed by atoms with van der Waals surface area (Å²) in [5.74, 6) is 0. The molecule has 21 heavy (non-hydrogen) atoms. The van der Waals surface area contributed by atoms with Crippen LogP contribution in [-0.2, 0) is 4.74 Å². The van der Waals surface area contributed by atoms with Gasteiger partial charge in [0.05, 0.1) is 31.4 Å². The lowest BCUT2D eigenvalue weighted by Gasteiger charge is -2.34. The number of fused-ring (bicyclic) bond motifs is 3. The summed E-state index contributed by atoms with van der Waals surface area (Å²) in [6.07, 6.45) is -0.599. The van der Waals surface area contributed by atoms with Crippen LogP contribution in [-0.4, -0.2) is 35.0 Å². The summed E-state index contributed by atoms with van der Waals surface area (Å²) in [5, 5.41) is 12.9. The van der Waals surface area contributed by atoms with Crippen LogP contribution in [0.15, 0.2) is 48.5 Å². The lowest BCUT2D eigenvalue weighted by atomic mass is 10.0. The minimum Gasteiger partial charge on any atom is -0.389 e. The van der Waals surface area contributed by atoms with Crippen LogP contribution in [0.2, 0.25) is 0 Å². The Morgan fingerprint density at radius 3 is 2.14 bits per heavy atom. The maximum atomic E-state index is 10.5. The Bertz CT molecular complexity index is 742. The second-order valence-corrected chi connectivity index (χ2v) is 5.66. The number of para-hydroxylation sites is 2. The van der Waals surface area contributed by atoms with Crippen molar-refractivity contribution in [1.29, 1.82) is 0 Å². The van der Waals surface area contributed by atoms with Crippen LogP contribution < -0.4 is 5.73 Å². The summed E-state index contributed by atoms with van der Waals surface area (Å²) in [6.45, 7) is 0.895. The zero-order valence-corrected chi connectivity index (χ0v) is 11.6. The third kappa shape index (κ3) is 1.87. The first-order valence-electron chi connectivity index (χ1n) is 7.26. The molecule has 0 bridgehead atoms. The van der Waals surface area contributed by atoms with Gasteiger partial charge in [-0.2, -0.15) is 0 Å². The molecule has 1 aliphatic heterocycles. The normalized spacial score (nSPS) is 26.5. The molecule has 2 aromatic carbocycles. The second-order valence-electron chi connectivity index (χ2n) is 5.66. The van der Waals surface area contributed by atoms with Gasteiger partial charge in [-0.25, -0.2) is 0 Å². The fourth-order valence-corrected chi connectivity index (χ4v) is 3.34. The SMILES string of the molecule is N[C@H]1COC[C@@H](n2c3ccccc3c3ccccc32)[C@@H]1O. The van der Waals surface area contributed by atoms with E-state index in [9.17, 15) is 5.11 Å². The van der Waals surface area contributed by atoms with Gasteiger partial charge in [0.15, 0.2) is 0 Å². The van der Waals surface area contributed by atoms with Crippen molar-refractivity contribution in [3.63, 3.8) is 0 Å². The lowest BCUT2D eigenvalue weighted by Crippen LogP contribution is -2.49. The highest BCUT2D eigenvalue weighted by Crippen LogP contribution is 2.34. The number of aliphatic hydroxyl groups is 1. The van der Waals surface area contributed by atoms with E-state index in [2.05, 4.69) is 28.8 Å². The van der Waals surface area contributed by atoms with E-state index in [0.717, 1.165) is 11.0 Å². The van der Waals surface area contributed by atoms with Crippen molar-refractivity contribution in [3.8, 4) is 0 Å². The van der Waals surface area contributed by atoms with E-state index < -0.39 is 6.10 Å². The molecule has 2 heterocycles. The monoisotopic (exact) mass is 282 g/mol. The fraction of sp³-hybridized carbons (Fsp3) is 0.294. The van der Waals surface area contributed by atoms with Crippen molar-refractivity contribution < 1.29 is 9.84 Å². The van der Waals surface area contributed by atoms with Gasteiger partial charge in [0, 0.05) is 21.8 Å². The Kier molecular flexibility index (Phi) is 2.96. The molecule has 4 rings (SSSR count). The standard InChI is InChI=1S/C17H18N2O2/c18-13-9-21-10-16(17(13)20)19-14-7-3-1-5-11(14)12-6-2-4-8-15(12)19/h1-8,13,16-17,20H,9-10,18H2/t13-,16+,17+/m0/s1. The van der Waals surface area contributed by atoms with E-state index in [1.807, 2.05) is 24.3 Å². The van der Waals surface area contributed by atoms with Crippen LogP contribution in [0.4, 0.5) is 0 Å². The minimum absolute atomic E-state index is 0.154. The Hall–Kier alpha value is -1.88. The summed E-state index contributed by atoms with van der Waals surface area (Å²) in [6, 6.07) is 16.0. The first kappa shape index (κ1) is 12.8. The Morgan fingerprint density at radius 1 is 0.952 bits per heavy atom. The zero-order valence-electron chi connectivity index (χ0n) is 11.6. The number of nitrogens with two attached hydrogens (primary N) is 1. The summed E-state index contributed by atoms with van der Waals surface area (Å²) in [4.78, 5) is 0. The maximum Gasteiger partial charge on any atom is 0.0943 e. The molecule has 0 radical (unpaired) electrons. The molecule has 3 atom stereocenters. The lowest BCUT2D eigenvalue weighted by molar-refractivity contribution is -0.0416. The maximum absolute atomic E-state index is 10.5. The van der Waals surface area contributed by atoms with Crippen LogP contribution in [0.25, 0.3) is 21.8 Å². The van der Waals surface area contributed by atoms with E-state index in [-0.39, 0.29) is 12.1 Å². The topological polar surface area (TPSA) is 60.4 Å². The molecule has 0 spiro atoms. The molecule has 1 saturated heterocycles. The van der Waals surface area contributed by atoms with Crippen molar-refractivity contribution in [1.82, 2.24) is 4.57 Å². The first-order valence-corrected chi connectivity index (χ1v) is 7.26. The van der Waals surface area contributed by atoms with Gasteiger partial charge in [0.1, 0.15) is 0 Å². The van der Waals surface area contributed by atoms with Gasteiger partial charge < -0.3 is 20.1 Å². The quantitative estimate of drug-likeness (QED) is 0.718. The van der Waals surface area contributed by atoms with Crippen LogP contribution in [0, 0.1) is 0 Å². The Labute approximate surface area is 122 Å². The first-order chi connectivity index (χ1) is 10.3. The van der Waals surface area contributed by atoms with Crippen molar-refractivity contribution in [3.05, 3.63) is 48.5 Å². The number of aliphatic hydroxyl groups excluding tert-OH is 1. The second kappa shape index (κ2) is 4.84. The largest absolute Gasteiger partial charge is 0.389 e. The summed E-state index contributed by atoms with van der Waals surface area (Å²) < 4.78 is 7.76. The number of hydrogen-bond acceptors (Lipinski definition) is 3. The Morgan fingerprint density at radius 2 is 1.52 bits per heavy atom. The number of hydrogen-bond donors (Lipinski definition) is 2. The van der Waals surface area contributed by atoms with E-state index in [1.54, 1.807) is 0 Å². The van der Waals surface area contributed by atoms with Crippen molar-refractivity contribution >= 4 is 21.8 Å². The van der Waals surface area contributed by atoms with Gasteiger partial charge in [-0.3, -0.25) is 0 Å². The summed E-state index contributed by atoms with van der Waals surface area (Å²) in [5.41, 5.74) is 8.20. The van der Waals surface area contributed by atoms with E-state index >= 15 is 0 Å². The molecular weight excluding hydrogens is 264 g/mol. The van der Waals surface area contributed by atoms with Gasteiger partial charge in [-0.1, -0.05) is 36.4 Å². The summed E-state index contributed by atoms with van der Waals surface area (Å²) >= 11 is 0. The molecule has 0 aliphatic carbocycles. The number of aromatic nitrogens is 1. The van der Waals surface area contributed by atoms with Crippen LogP contribution in [0.1, 0.15) is 6.04 Å². The molecule has 3 aromatic rings. The van der Waals surface area contributed by atoms with Crippen LogP contribution in [0.5, 0.6) is 0 Å². The number of ether oxygens (including phenoxy) is 1. The predicted octanol–water partition coefficient (Wildman–Crippen LogP) is 2.05. The molecular formula is C17H18N2O2. The molecule has 1 fully saturated rings. The molecule has 3 N–H and O–H groups in total. The molecule has 0 unspecified atom stereocenters. The highest BCUT2D eigenvalue weighted by Gasteiger charge is 2.33. The molecule has 4 heteroatoms. The highest BCUT2D eigenvalue weighted by molar-refractivity contribution is 6.08. The van der Waals surface area contributed by atoms with Crippen LogP contribution in [0.3, 0.4) is 0 Å².